The number of hydrogen-bond acceptors (Lipinski definition) is 7. The molecule has 0 bridgehead atoms. The summed E-state index contributed by atoms with van der Waals surface area (Å²) in [6.07, 6.45) is 8.98. The molecule has 160 valence electrons. The van der Waals surface area contributed by atoms with Crippen LogP contribution in [-0.2, 0) is 0 Å². The molecule has 7 nitrogen and oxygen atoms in total. The van der Waals surface area contributed by atoms with E-state index in [1.54, 1.807) is 13.2 Å². The summed E-state index contributed by atoms with van der Waals surface area (Å²) in [6, 6.07) is 5.55. The Labute approximate surface area is 179 Å². The number of nitrogens with zero attached hydrogens (tertiary/aromatic N) is 3. The van der Waals surface area contributed by atoms with E-state index < -0.39 is 5.56 Å². The highest BCUT2D eigenvalue weighted by Crippen LogP contribution is 2.28. The molecule has 0 aliphatic carbocycles. The summed E-state index contributed by atoms with van der Waals surface area (Å²) in [5.41, 5.74) is 0.272. The lowest BCUT2D eigenvalue weighted by molar-refractivity contribution is 0.284. The zero-order valence-corrected chi connectivity index (χ0v) is 18.5. The van der Waals surface area contributed by atoms with Gasteiger partial charge in [-0.2, -0.15) is 14.6 Å². The van der Waals surface area contributed by atoms with Gasteiger partial charge < -0.3 is 9.47 Å². The van der Waals surface area contributed by atoms with Crippen LogP contribution in [0, 0.1) is 6.92 Å². The van der Waals surface area contributed by atoms with E-state index in [0.29, 0.717) is 22.6 Å². The second-order valence-corrected chi connectivity index (χ2v) is 8.15. The molecule has 0 atom stereocenters. The van der Waals surface area contributed by atoms with Gasteiger partial charge in [0, 0.05) is 0 Å². The van der Waals surface area contributed by atoms with Crippen LogP contribution in [0.1, 0.15) is 56.7 Å². The number of rotatable bonds is 10. The van der Waals surface area contributed by atoms with E-state index in [2.05, 4.69) is 17.0 Å². The zero-order valence-electron chi connectivity index (χ0n) is 17.6. The van der Waals surface area contributed by atoms with Gasteiger partial charge in [-0.25, -0.2) is 0 Å². The Morgan fingerprint density at radius 1 is 1.10 bits per heavy atom. The maximum absolute atomic E-state index is 12.6. The average molecular weight is 430 g/mol. The monoisotopic (exact) mass is 429 g/mol. The molecule has 0 fully saturated rings. The molecule has 30 heavy (non-hydrogen) atoms. The Balaban J connectivity index is 1.75. The number of ether oxygens (including phenoxy) is 2. The third-order valence-electron chi connectivity index (χ3n) is 4.78. The predicted octanol–water partition coefficient (Wildman–Crippen LogP) is 3.12. The number of methoxy groups -OCH3 is 1. The van der Waals surface area contributed by atoms with E-state index in [4.69, 9.17) is 9.47 Å². The van der Waals surface area contributed by atoms with E-state index in [-0.39, 0.29) is 16.2 Å². The summed E-state index contributed by atoms with van der Waals surface area (Å²) in [7, 11) is 1.59. The van der Waals surface area contributed by atoms with Gasteiger partial charge in [-0.3, -0.25) is 9.59 Å². The molecule has 0 aliphatic rings. The van der Waals surface area contributed by atoms with Crippen LogP contribution in [0.25, 0.3) is 11.0 Å². The highest BCUT2D eigenvalue weighted by Gasteiger charge is 2.09. The van der Waals surface area contributed by atoms with Crippen LogP contribution < -0.4 is 25.1 Å². The normalized spacial score (nSPS) is 11.9. The van der Waals surface area contributed by atoms with Gasteiger partial charge in [0.25, 0.3) is 11.1 Å². The molecule has 0 N–H and O–H groups in total. The molecule has 2 heterocycles. The second-order valence-electron chi connectivity index (χ2n) is 7.14. The zero-order chi connectivity index (χ0) is 21.5. The van der Waals surface area contributed by atoms with Crippen LogP contribution in [0.3, 0.4) is 0 Å². The summed E-state index contributed by atoms with van der Waals surface area (Å²) in [6.45, 7) is 4.40. The topological polar surface area (TPSA) is 82.8 Å². The first-order valence-corrected chi connectivity index (χ1v) is 11.1. The third-order valence-corrected chi connectivity index (χ3v) is 5.74. The highest BCUT2D eigenvalue weighted by atomic mass is 32.1. The Morgan fingerprint density at radius 3 is 2.63 bits per heavy atom. The van der Waals surface area contributed by atoms with Gasteiger partial charge in [-0.15, -0.1) is 0 Å². The van der Waals surface area contributed by atoms with Crippen molar-refractivity contribution in [1.82, 2.24) is 14.6 Å². The number of fused-ring (bicyclic) bond motifs is 1. The summed E-state index contributed by atoms with van der Waals surface area (Å²) >= 11 is 1.13. The van der Waals surface area contributed by atoms with Crippen LogP contribution in [0.2, 0.25) is 0 Å². The van der Waals surface area contributed by atoms with Crippen molar-refractivity contribution in [2.75, 3.05) is 13.7 Å². The number of thiazole rings is 1. The van der Waals surface area contributed by atoms with Crippen molar-refractivity contribution < 1.29 is 9.47 Å². The number of aromatic nitrogens is 3. The first-order valence-electron chi connectivity index (χ1n) is 10.3. The number of benzene rings is 1. The molecule has 0 spiro atoms. The van der Waals surface area contributed by atoms with Crippen molar-refractivity contribution in [2.24, 2.45) is 0 Å². The lowest BCUT2D eigenvalue weighted by Gasteiger charge is -2.11. The lowest BCUT2D eigenvalue weighted by Crippen LogP contribution is -2.27. The van der Waals surface area contributed by atoms with E-state index in [1.807, 2.05) is 18.2 Å². The fourth-order valence-corrected chi connectivity index (χ4v) is 4.00. The SMILES string of the molecule is CCCCCCCCOc1ccc(/C=c2/sc3nc(=O)c(C)nn3c2=O)cc1OC. The maximum atomic E-state index is 12.6. The summed E-state index contributed by atoms with van der Waals surface area (Å²) in [5.74, 6) is 1.30. The Bertz CT molecular complexity index is 1170. The molecule has 3 aromatic rings. The van der Waals surface area contributed by atoms with Crippen molar-refractivity contribution in [3.05, 3.63) is 54.7 Å². The van der Waals surface area contributed by atoms with Crippen molar-refractivity contribution in [3.63, 3.8) is 0 Å². The quantitative estimate of drug-likeness (QED) is 0.461. The molecule has 0 unspecified atom stereocenters. The van der Waals surface area contributed by atoms with Crippen LogP contribution in [0.4, 0.5) is 0 Å². The van der Waals surface area contributed by atoms with Crippen molar-refractivity contribution >= 4 is 22.4 Å². The predicted molar refractivity (Wildman–Crippen MR) is 119 cm³/mol. The fourth-order valence-electron chi connectivity index (χ4n) is 3.10. The van der Waals surface area contributed by atoms with Gasteiger partial charge in [0.2, 0.25) is 4.96 Å². The molecular formula is C22H27N3O4S. The van der Waals surface area contributed by atoms with Gasteiger partial charge in [-0.05, 0) is 37.1 Å². The van der Waals surface area contributed by atoms with Gasteiger partial charge in [0.05, 0.1) is 18.2 Å². The van der Waals surface area contributed by atoms with Gasteiger partial charge in [-0.1, -0.05) is 56.4 Å². The minimum absolute atomic E-state index is 0.197. The lowest BCUT2D eigenvalue weighted by atomic mass is 10.1. The largest absolute Gasteiger partial charge is 0.493 e. The smallest absolute Gasteiger partial charge is 0.295 e. The molecule has 3 rings (SSSR count). The van der Waals surface area contributed by atoms with Gasteiger partial charge >= 0.3 is 0 Å². The Kier molecular flexibility index (Phi) is 7.57. The molecule has 0 saturated carbocycles. The first kappa shape index (κ1) is 22.0. The van der Waals surface area contributed by atoms with Crippen molar-refractivity contribution in [1.29, 1.82) is 0 Å². The fraction of sp³-hybridized carbons (Fsp3) is 0.455. The maximum Gasteiger partial charge on any atom is 0.295 e. The van der Waals surface area contributed by atoms with E-state index in [1.165, 1.54) is 37.1 Å². The molecule has 2 aromatic heterocycles. The number of unbranched alkanes of at least 4 members (excludes halogenated alkanes) is 5. The van der Waals surface area contributed by atoms with Gasteiger partial charge in [0.1, 0.15) is 5.69 Å². The van der Waals surface area contributed by atoms with Crippen LogP contribution in [-0.4, -0.2) is 28.3 Å². The molecule has 1 aromatic carbocycles. The van der Waals surface area contributed by atoms with E-state index in [9.17, 15) is 9.59 Å². The van der Waals surface area contributed by atoms with E-state index in [0.717, 1.165) is 29.7 Å². The average Bonchev–Trinajstić information content (AvgIpc) is 3.03. The Morgan fingerprint density at radius 2 is 1.87 bits per heavy atom. The minimum Gasteiger partial charge on any atom is -0.493 e. The summed E-state index contributed by atoms with van der Waals surface area (Å²) < 4.78 is 13.0. The second kappa shape index (κ2) is 10.3. The summed E-state index contributed by atoms with van der Waals surface area (Å²) in [5, 5.41) is 4.02. The van der Waals surface area contributed by atoms with Crippen molar-refractivity contribution in [2.45, 2.75) is 52.4 Å². The molecule has 8 heteroatoms. The van der Waals surface area contributed by atoms with Crippen LogP contribution in [0.5, 0.6) is 11.5 Å². The van der Waals surface area contributed by atoms with E-state index >= 15 is 0 Å². The molecule has 0 amide bonds. The Hall–Kier alpha value is -2.74. The first-order chi connectivity index (χ1) is 14.5. The van der Waals surface area contributed by atoms with Gasteiger partial charge in [0.15, 0.2) is 11.5 Å². The third kappa shape index (κ3) is 5.24. The standard InChI is InChI=1S/C22H27N3O4S/c1-4-5-6-7-8-9-12-29-17-11-10-16(13-18(17)28-3)14-19-21(27)25-22(30-19)23-20(26)15(2)24-25/h10-11,13-14H,4-9,12H2,1-3H3/b19-14+. The number of aryl methyl sites for hydroxylation is 1. The summed E-state index contributed by atoms with van der Waals surface area (Å²) in [4.78, 5) is 28.4. The van der Waals surface area contributed by atoms with Crippen LogP contribution in [0.15, 0.2) is 27.8 Å². The molecule has 0 aliphatic heterocycles. The molecule has 0 saturated heterocycles. The van der Waals surface area contributed by atoms with Crippen molar-refractivity contribution in [3.8, 4) is 11.5 Å². The molecular weight excluding hydrogens is 402 g/mol. The highest BCUT2D eigenvalue weighted by molar-refractivity contribution is 7.15. The van der Waals surface area contributed by atoms with Crippen LogP contribution >= 0.6 is 11.3 Å². The molecule has 0 radical (unpaired) electrons. The number of hydrogen-bond donors (Lipinski definition) is 0. The minimum atomic E-state index is -0.420.